The highest BCUT2D eigenvalue weighted by atomic mass is 16.5. The molecule has 3 aromatic carbocycles. The predicted octanol–water partition coefficient (Wildman–Crippen LogP) is 5.04. The number of rotatable bonds is 3. The summed E-state index contributed by atoms with van der Waals surface area (Å²) in [5.74, 6) is 0.0353. The average Bonchev–Trinajstić information content (AvgIpc) is 2.84. The minimum atomic E-state index is 0.0353. The van der Waals surface area contributed by atoms with Gasteiger partial charge >= 0.3 is 0 Å². The van der Waals surface area contributed by atoms with Crippen LogP contribution < -0.4 is 0 Å². The highest BCUT2D eigenvalue weighted by Crippen LogP contribution is 2.32. The van der Waals surface area contributed by atoms with E-state index in [-0.39, 0.29) is 5.91 Å². The maximum absolute atomic E-state index is 13.5. The van der Waals surface area contributed by atoms with Gasteiger partial charge in [-0.15, -0.1) is 0 Å². The third-order valence-electron chi connectivity index (χ3n) is 5.52. The summed E-state index contributed by atoms with van der Waals surface area (Å²) in [5, 5.41) is 0.882. The van der Waals surface area contributed by atoms with Crippen LogP contribution in [0.4, 0.5) is 0 Å². The average molecular weight is 394 g/mol. The maximum Gasteiger partial charge on any atom is 0.254 e. The van der Waals surface area contributed by atoms with Crippen LogP contribution in [0.15, 0.2) is 84.9 Å². The van der Waals surface area contributed by atoms with E-state index in [1.165, 1.54) is 0 Å². The lowest BCUT2D eigenvalue weighted by Crippen LogP contribution is -2.40. The van der Waals surface area contributed by atoms with E-state index >= 15 is 0 Å². The van der Waals surface area contributed by atoms with Crippen molar-refractivity contribution in [2.45, 2.75) is 0 Å². The van der Waals surface area contributed by atoms with Crippen LogP contribution in [0, 0.1) is 0 Å². The predicted molar refractivity (Wildman–Crippen MR) is 119 cm³/mol. The smallest absolute Gasteiger partial charge is 0.254 e. The molecule has 1 saturated heterocycles. The van der Waals surface area contributed by atoms with Gasteiger partial charge in [-0.3, -0.25) is 4.79 Å². The van der Waals surface area contributed by atoms with Crippen LogP contribution in [-0.2, 0) is 4.74 Å². The second-order valence-corrected chi connectivity index (χ2v) is 7.39. The monoisotopic (exact) mass is 394 g/mol. The Kier molecular flexibility index (Phi) is 4.99. The number of para-hydroxylation sites is 1. The normalized spacial score (nSPS) is 14.1. The molecule has 2 heterocycles. The van der Waals surface area contributed by atoms with E-state index in [0.29, 0.717) is 31.9 Å². The summed E-state index contributed by atoms with van der Waals surface area (Å²) in [7, 11) is 0. The van der Waals surface area contributed by atoms with Gasteiger partial charge in [0.1, 0.15) is 0 Å². The van der Waals surface area contributed by atoms with Crippen LogP contribution >= 0.6 is 0 Å². The first-order chi connectivity index (χ1) is 14.8. The molecule has 1 amide bonds. The topological polar surface area (TPSA) is 42.4 Å². The molecule has 4 aromatic rings. The lowest BCUT2D eigenvalue weighted by molar-refractivity contribution is 0.0304. The second kappa shape index (κ2) is 8.09. The minimum absolute atomic E-state index is 0.0353. The highest BCUT2D eigenvalue weighted by molar-refractivity contribution is 6.10. The van der Waals surface area contributed by atoms with E-state index in [9.17, 15) is 4.79 Å². The molecule has 1 aromatic heterocycles. The molecular formula is C26H22N2O2. The van der Waals surface area contributed by atoms with Crippen LogP contribution in [0.2, 0.25) is 0 Å². The molecule has 0 N–H and O–H groups in total. The van der Waals surface area contributed by atoms with E-state index in [1.54, 1.807) is 0 Å². The number of benzene rings is 3. The molecule has 1 fully saturated rings. The van der Waals surface area contributed by atoms with Crippen LogP contribution in [0.1, 0.15) is 10.4 Å². The van der Waals surface area contributed by atoms with Crippen molar-refractivity contribution in [3.8, 4) is 22.4 Å². The van der Waals surface area contributed by atoms with E-state index in [1.807, 2.05) is 71.6 Å². The van der Waals surface area contributed by atoms with Crippen LogP contribution in [-0.4, -0.2) is 42.1 Å². The Labute approximate surface area is 175 Å². The first-order valence-electron chi connectivity index (χ1n) is 10.2. The number of carbonyl (C=O) groups excluding carboxylic acids is 1. The van der Waals surface area contributed by atoms with Crippen LogP contribution in [0.3, 0.4) is 0 Å². The molecule has 0 unspecified atom stereocenters. The zero-order chi connectivity index (χ0) is 20.3. The van der Waals surface area contributed by atoms with Gasteiger partial charge in [-0.05, 0) is 11.6 Å². The fourth-order valence-electron chi connectivity index (χ4n) is 3.97. The first-order valence-corrected chi connectivity index (χ1v) is 10.2. The number of hydrogen-bond acceptors (Lipinski definition) is 3. The third kappa shape index (κ3) is 3.46. The number of nitrogens with zero attached hydrogens (tertiary/aromatic N) is 2. The van der Waals surface area contributed by atoms with Gasteiger partial charge in [0.2, 0.25) is 0 Å². The van der Waals surface area contributed by atoms with Gasteiger partial charge in [0.15, 0.2) is 0 Å². The SMILES string of the molecule is O=C(c1cc(-c2ccccc2)nc2c(-c3ccccc3)cccc12)N1CCOCC1. The Balaban J connectivity index is 1.74. The van der Waals surface area contributed by atoms with Gasteiger partial charge in [0.25, 0.3) is 5.91 Å². The molecule has 0 aliphatic carbocycles. The summed E-state index contributed by atoms with van der Waals surface area (Å²) in [6.07, 6.45) is 0. The molecule has 0 spiro atoms. The fraction of sp³-hybridized carbons (Fsp3) is 0.154. The number of carbonyl (C=O) groups is 1. The molecule has 1 aliphatic heterocycles. The molecule has 0 atom stereocenters. The summed E-state index contributed by atoms with van der Waals surface area (Å²) in [5.41, 5.74) is 5.47. The molecule has 0 bridgehead atoms. The van der Waals surface area contributed by atoms with Crippen molar-refractivity contribution >= 4 is 16.8 Å². The Hall–Kier alpha value is -3.50. The van der Waals surface area contributed by atoms with Gasteiger partial charge in [-0.1, -0.05) is 78.9 Å². The van der Waals surface area contributed by atoms with Gasteiger partial charge in [0, 0.05) is 29.6 Å². The molecule has 148 valence electrons. The number of hydrogen-bond donors (Lipinski definition) is 0. The third-order valence-corrected chi connectivity index (χ3v) is 5.52. The van der Waals surface area contributed by atoms with Gasteiger partial charge < -0.3 is 9.64 Å². The van der Waals surface area contributed by atoms with Crippen molar-refractivity contribution in [3.63, 3.8) is 0 Å². The lowest BCUT2D eigenvalue weighted by atomic mass is 9.97. The molecule has 30 heavy (non-hydrogen) atoms. The van der Waals surface area contributed by atoms with Gasteiger partial charge in [0.05, 0.1) is 30.0 Å². The van der Waals surface area contributed by atoms with Crippen molar-refractivity contribution < 1.29 is 9.53 Å². The standard InChI is InChI=1S/C26H22N2O2/c29-26(28-14-16-30-17-15-28)23-18-24(20-10-5-2-6-11-20)27-25-21(12-7-13-22(23)25)19-8-3-1-4-9-19/h1-13,18H,14-17H2. The van der Waals surface area contributed by atoms with Crippen molar-refractivity contribution in [3.05, 3.63) is 90.5 Å². The van der Waals surface area contributed by atoms with Crippen LogP contribution in [0.25, 0.3) is 33.3 Å². The van der Waals surface area contributed by atoms with Crippen molar-refractivity contribution in [2.75, 3.05) is 26.3 Å². The van der Waals surface area contributed by atoms with Crippen molar-refractivity contribution in [1.29, 1.82) is 0 Å². The van der Waals surface area contributed by atoms with Gasteiger partial charge in [-0.25, -0.2) is 4.98 Å². The number of ether oxygens (including phenoxy) is 1. The zero-order valence-electron chi connectivity index (χ0n) is 16.6. The summed E-state index contributed by atoms with van der Waals surface area (Å²) in [6, 6.07) is 28.2. The molecule has 4 nitrogen and oxygen atoms in total. The van der Waals surface area contributed by atoms with E-state index in [4.69, 9.17) is 9.72 Å². The quantitative estimate of drug-likeness (QED) is 0.489. The first kappa shape index (κ1) is 18.5. The minimum Gasteiger partial charge on any atom is -0.378 e. The maximum atomic E-state index is 13.5. The fourth-order valence-corrected chi connectivity index (χ4v) is 3.97. The van der Waals surface area contributed by atoms with Crippen molar-refractivity contribution in [1.82, 2.24) is 9.88 Å². The number of pyridine rings is 1. The summed E-state index contributed by atoms with van der Waals surface area (Å²) in [6.45, 7) is 2.38. The molecule has 0 saturated carbocycles. The summed E-state index contributed by atoms with van der Waals surface area (Å²) < 4.78 is 5.44. The molecule has 0 radical (unpaired) electrons. The molecule has 1 aliphatic rings. The number of fused-ring (bicyclic) bond motifs is 1. The number of aromatic nitrogens is 1. The Morgan fingerprint density at radius 1 is 0.800 bits per heavy atom. The largest absolute Gasteiger partial charge is 0.378 e. The zero-order valence-corrected chi connectivity index (χ0v) is 16.6. The number of amides is 1. The Morgan fingerprint density at radius 3 is 2.17 bits per heavy atom. The Bertz CT molecular complexity index is 1180. The number of morpholine rings is 1. The van der Waals surface area contributed by atoms with Crippen molar-refractivity contribution in [2.24, 2.45) is 0 Å². The summed E-state index contributed by atoms with van der Waals surface area (Å²) >= 11 is 0. The highest BCUT2D eigenvalue weighted by Gasteiger charge is 2.22. The van der Waals surface area contributed by atoms with E-state index in [0.717, 1.165) is 33.3 Å². The lowest BCUT2D eigenvalue weighted by Gasteiger charge is -2.27. The van der Waals surface area contributed by atoms with E-state index < -0.39 is 0 Å². The summed E-state index contributed by atoms with van der Waals surface area (Å²) in [4.78, 5) is 20.4. The van der Waals surface area contributed by atoms with E-state index in [2.05, 4.69) is 18.2 Å². The van der Waals surface area contributed by atoms with Crippen LogP contribution in [0.5, 0.6) is 0 Å². The molecule has 4 heteroatoms. The molecule has 5 rings (SSSR count). The second-order valence-electron chi connectivity index (χ2n) is 7.39. The van der Waals surface area contributed by atoms with Gasteiger partial charge in [-0.2, -0.15) is 0 Å². The Morgan fingerprint density at radius 2 is 1.47 bits per heavy atom. The molecular weight excluding hydrogens is 372 g/mol.